The van der Waals surface area contributed by atoms with Crippen LogP contribution in [0.3, 0.4) is 0 Å². The van der Waals surface area contributed by atoms with Crippen LogP contribution in [0.4, 0.5) is 0 Å². The van der Waals surface area contributed by atoms with Gasteiger partial charge in [0.05, 0.1) is 10.0 Å². The Bertz CT molecular complexity index is 396. The van der Waals surface area contributed by atoms with Gasteiger partial charge in [0.25, 0.3) is 0 Å². The van der Waals surface area contributed by atoms with Gasteiger partial charge >= 0.3 is 5.97 Å². The number of carbonyl (C=O) groups is 1. The minimum absolute atomic E-state index is 0.144. The van der Waals surface area contributed by atoms with Gasteiger partial charge in [-0.2, -0.15) is 0 Å². The molecule has 0 N–H and O–H groups in total. The van der Waals surface area contributed by atoms with Gasteiger partial charge in [-0.05, 0) is 19.1 Å². The van der Waals surface area contributed by atoms with E-state index in [-0.39, 0.29) is 13.2 Å². The molecule has 5 heteroatoms. The largest absolute Gasteiger partial charge is 0.487 e. The monoisotopic (exact) mass is 274 g/mol. The molecule has 0 amide bonds. The number of hydrogen-bond acceptors (Lipinski definition) is 3. The van der Waals surface area contributed by atoms with Crippen LogP contribution in [-0.4, -0.2) is 19.2 Å². The van der Waals surface area contributed by atoms with Gasteiger partial charge < -0.3 is 9.47 Å². The number of hydrogen-bond donors (Lipinski definition) is 0. The molecule has 0 bridgehead atoms. The molecular formula is C12H12Cl2O3. The van der Waals surface area contributed by atoms with Gasteiger partial charge in [0, 0.05) is 6.08 Å². The molecule has 17 heavy (non-hydrogen) atoms. The Morgan fingerprint density at radius 2 is 1.94 bits per heavy atom. The number of rotatable bonds is 5. The molecule has 0 saturated heterocycles. The Balaban J connectivity index is 2.39. The average Bonchev–Trinajstić information content (AvgIpc) is 2.28. The lowest BCUT2D eigenvalue weighted by molar-refractivity contribution is -0.138. The maximum absolute atomic E-state index is 11.0. The van der Waals surface area contributed by atoms with Crippen LogP contribution in [0.15, 0.2) is 30.4 Å². The van der Waals surface area contributed by atoms with E-state index in [1.54, 1.807) is 31.2 Å². The zero-order chi connectivity index (χ0) is 12.7. The van der Waals surface area contributed by atoms with Crippen LogP contribution in [0, 0.1) is 0 Å². The van der Waals surface area contributed by atoms with Crippen molar-refractivity contribution in [2.45, 2.75) is 6.92 Å². The summed E-state index contributed by atoms with van der Waals surface area (Å²) < 4.78 is 10.2. The molecule has 0 saturated carbocycles. The zero-order valence-corrected chi connectivity index (χ0v) is 10.8. The van der Waals surface area contributed by atoms with E-state index in [0.29, 0.717) is 15.8 Å². The minimum atomic E-state index is -0.402. The summed E-state index contributed by atoms with van der Waals surface area (Å²) in [7, 11) is 0. The van der Waals surface area contributed by atoms with Crippen molar-refractivity contribution in [3.05, 3.63) is 40.4 Å². The van der Waals surface area contributed by atoms with Gasteiger partial charge in [-0.3, -0.25) is 0 Å². The van der Waals surface area contributed by atoms with Crippen molar-refractivity contribution in [1.29, 1.82) is 0 Å². The van der Waals surface area contributed by atoms with Gasteiger partial charge in [-0.1, -0.05) is 35.3 Å². The first-order valence-corrected chi connectivity index (χ1v) is 5.77. The van der Waals surface area contributed by atoms with Crippen molar-refractivity contribution >= 4 is 29.2 Å². The van der Waals surface area contributed by atoms with Crippen molar-refractivity contribution in [3.63, 3.8) is 0 Å². The molecule has 0 radical (unpaired) electrons. The van der Waals surface area contributed by atoms with E-state index in [2.05, 4.69) is 0 Å². The summed E-state index contributed by atoms with van der Waals surface area (Å²) in [6, 6.07) is 5.08. The van der Waals surface area contributed by atoms with Gasteiger partial charge in [-0.25, -0.2) is 4.79 Å². The highest BCUT2D eigenvalue weighted by atomic mass is 35.5. The number of halogens is 2. The quantitative estimate of drug-likeness (QED) is 0.468. The lowest BCUT2D eigenvalue weighted by Gasteiger charge is -2.09. The number of ether oxygens (including phenoxy) is 2. The highest BCUT2D eigenvalue weighted by molar-refractivity contribution is 6.37. The van der Waals surface area contributed by atoms with E-state index in [1.165, 1.54) is 6.08 Å². The molecule has 0 spiro atoms. The summed E-state index contributed by atoms with van der Waals surface area (Å²) in [4.78, 5) is 11.0. The van der Waals surface area contributed by atoms with Crippen molar-refractivity contribution in [1.82, 2.24) is 0 Å². The van der Waals surface area contributed by atoms with E-state index in [4.69, 9.17) is 32.7 Å². The zero-order valence-electron chi connectivity index (χ0n) is 9.28. The molecule has 0 heterocycles. The maximum atomic E-state index is 11.0. The minimum Gasteiger partial charge on any atom is -0.487 e. The molecule has 0 aliphatic rings. The summed E-state index contributed by atoms with van der Waals surface area (Å²) in [5.74, 6) is -0.000675. The third-order valence-corrected chi connectivity index (χ3v) is 2.39. The number of carbonyl (C=O) groups excluding carboxylic acids is 1. The first kappa shape index (κ1) is 13.9. The molecule has 1 aromatic rings. The Morgan fingerprint density at radius 3 is 2.53 bits per heavy atom. The van der Waals surface area contributed by atoms with Crippen LogP contribution in [0.5, 0.6) is 5.75 Å². The number of para-hydroxylation sites is 1. The van der Waals surface area contributed by atoms with Crippen LogP contribution in [0.2, 0.25) is 10.0 Å². The van der Waals surface area contributed by atoms with E-state index in [0.717, 1.165) is 0 Å². The van der Waals surface area contributed by atoms with E-state index < -0.39 is 5.97 Å². The molecule has 0 unspecified atom stereocenters. The van der Waals surface area contributed by atoms with Crippen LogP contribution in [0.25, 0.3) is 0 Å². The summed E-state index contributed by atoms with van der Waals surface area (Å²) >= 11 is 11.8. The molecule has 0 fully saturated rings. The van der Waals surface area contributed by atoms with Crippen LogP contribution in [-0.2, 0) is 9.53 Å². The first-order valence-electron chi connectivity index (χ1n) is 5.01. The Kier molecular flexibility index (Phi) is 5.87. The fourth-order valence-corrected chi connectivity index (χ4v) is 1.60. The molecular weight excluding hydrogens is 263 g/mol. The molecule has 3 nitrogen and oxygen atoms in total. The first-order chi connectivity index (χ1) is 8.15. The second-order valence-corrected chi connectivity index (χ2v) is 3.88. The van der Waals surface area contributed by atoms with Gasteiger partial charge in [0.2, 0.25) is 0 Å². The fourth-order valence-electron chi connectivity index (χ4n) is 1.09. The second-order valence-electron chi connectivity index (χ2n) is 3.07. The fraction of sp³-hybridized carbons (Fsp3) is 0.250. The molecule has 0 atom stereocenters. The van der Waals surface area contributed by atoms with E-state index >= 15 is 0 Å². The van der Waals surface area contributed by atoms with Crippen LogP contribution < -0.4 is 4.74 Å². The maximum Gasteiger partial charge on any atom is 0.330 e. The van der Waals surface area contributed by atoms with Gasteiger partial charge in [-0.15, -0.1) is 0 Å². The Labute approximate surface area is 110 Å². The number of esters is 1. The smallest absolute Gasteiger partial charge is 0.330 e. The summed E-state index contributed by atoms with van der Waals surface area (Å²) in [5.41, 5.74) is 0. The SMILES string of the molecule is CC=CC(=O)OCCOc1c(Cl)cccc1Cl. The van der Waals surface area contributed by atoms with E-state index in [9.17, 15) is 4.79 Å². The molecule has 1 rings (SSSR count). The van der Waals surface area contributed by atoms with E-state index in [1.807, 2.05) is 0 Å². The highest BCUT2D eigenvalue weighted by Gasteiger charge is 2.06. The van der Waals surface area contributed by atoms with Gasteiger partial charge in [0.15, 0.2) is 5.75 Å². The normalized spacial score (nSPS) is 10.5. The molecule has 1 aromatic carbocycles. The topological polar surface area (TPSA) is 35.5 Å². The highest BCUT2D eigenvalue weighted by Crippen LogP contribution is 2.32. The van der Waals surface area contributed by atoms with Crippen molar-refractivity contribution < 1.29 is 14.3 Å². The number of allylic oxidation sites excluding steroid dienone is 1. The lowest BCUT2D eigenvalue weighted by Crippen LogP contribution is -2.10. The lowest BCUT2D eigenvalue weighted by atomic mass is 10.3. The summed E-state index contributed by atoms with van der Waals surface area (Å²) in [6.07, 6.45) is 2.94. The molecule has 0 aliphatic carbocycles. The van der Waals surface area contributed by atoms with Crippen molar-refractivity contribution in [2.24, 2.45) is 0 Å². The number of benzene rings is 1. The van der Waals surface area contributed by atoms with Crippen LogP contribution >= 0.6 is 23.2 Å². The average molecular weight is 275 g/mol. The van der Waals surface area contributed by atoms with Crippen molar-refractivity contribution in [3.8, 4) is 5.75 Å². The Hall–Kier alpha value is -1.19. The molecule has 92 valence electrons. The van der Waals surface area contributed by atoms with Crippen molar-refractivity contribution in [2.75, 3.05) is 13.2 Å². The standard InChI is InChI=1S/C12H12Cl2O3/c1-2-4-11(15)16-7-8-17-12-9(13)5-3-6-10(12)14/h2-6H,7-8H2,1H3. The summed E-state index contributed by atoms with van der Waals surface area (Å²) in [5, 5.41) is 0.856. The molecule has 0 aliphatic heterocycles. The Morgan fingerprint density at radius 1 is 1.29 bits per heavy atom. The van der Waals surface area contributed by atoms with Crippen LogP contribution in [0.1, 0.15) is 6.92 Å². The third kappa shape index (κ3) is 4.67. The predicted octanol–water partition coefficient (Wildman–Crippen LogP) is 3.49. The third-order valence-electron chi connectivity index (χ3n) is 1.80. The molecule has 0 aromatic heterocycles. The summed E-state index contributed by atoms with van der Waals surface area (Å²) in [6.45, 7) is 2.08. The second kappa shape index (κ2) is 7.20. The van der Waals surface area contributed by atoms with Gasteiger partial charge in [0.1, 0.15) is 13.2 Å². The predicted molar refractivity (Wildman–Crippen MR) is 67.7 cm³/mol.